The number of carbonyl (C=O) groups excluding carboxylic acids is 1. The number of ketones is 1. The SMILES string of the molecule is CC(C)(O)CN1CCCCC1C1CCCCC1=O. The van der Waals surface area contributed by atoms with Crippen LogP contribution in [0.3, 0.4) is 0 Å². The first-order valence-corrected chi connectivity index (χ1v) is 7.46. The fourth-order valence-corrected chi connectivity index (χ4v) is 3.58. The van der Waals surface area contributed by atoms with Gasteiger partial charge in [-0.1, -0.05) is 12.8 Å². The van der Waals surface area contributed by atoms with Gasteiger partial charge in [0.25, 0.3) is 0 Å². The molecule has 3 heteroatoms. The van der Waals surface area contributed by atoms with E-state index in [0.29, 0.717) is 18.4 Å². The van der Waals surface area contributed by atoms with Crippen molar-refractivity contribution in [3.63, 3.8) is 0 Å². The lowest BCUT2D eigenvalue weighted by Gasteiger charge is -2.43. The normalized spacial score (nSPS) is 31.6. The largest absolute Gasteiger partial charge is 0.389 e. The highest BCUT2D eigenvalue weighted by Crippen LogP contribution is 2.32. The van der Waals surface area contributed by atoms with Crippen LogP contribution >= 0.6 is 0 Å². The summed E-state index contributed by atoms with van der Waals surface area (Å²) < 4.78 is 0. The minimum absolute atomic E-state index is 0.237. The van der Waals surface area contributed by atoms with Crippen molar-refractivity contribution in [2.45, 2.75) is 70.4 Å². The van der Waals surface area contributed by atoms with Crippen LogP contribution < -0.4 is 0 Å². The topological polar surface area (TPSA) is 40.5 Å². The monoisotopic (exact) mass is 253 g/mol. The van der Waals surface area contributed by atoms with Gasteiger partial charge in [0.2, 0.25) is 0 Å². The summed E-state index contributed by atoms with van der Waals surface area (Å²) in [4.78, 5) is 14.5. The lowest BCUT2D eigenvalue weighted by Crippen LogP contribution is -2.51. The highest BCUT2D eigenvalue weighted by atomic mass is 16.3. The molecule has 1 N–H and O–H groups in total. The lowest BCUT2D eigenvalue weighted by atomic mass is 9.78. The molecule has 18 heavy (non-hydrogen) atoms. The summed E-state index contributed by atoms with van der Waals surface area (Å²) in [6.07, 6.45) is 7.68. The zero-order valence-electron chi connectivity index (χ0n) is 11.8. The van der Waals surface area contributed by atoms with Crippen LogP contribution in [0.2, 0.25) is 0 Å². The van der Waals surface area contributed by atoms with E-state index in [1.165, 1.54) is 19.3 Å². The zero-order chi connectivity index (χ0) is 13.2. The summed E-state index contributed by atoms with van der Waals surface area (Å²) in [7, 11) is 0. The second kappa shape index (κ2) is 5.70. The molecule has 1 aliphatic heterocycles. The fourth-order valence-electron chi connectivity index (χ4n) is 3.58. The minimum atomic E-state index is -0.659. The maximum atomic E-state index is 12.1. The van der Waals surface area contributed by atoms with Crippen LogP contribution in [-0.4, -0.2) is 40.5 Å². The van der Waals surface area contributed by atoms with Crippen molar-refractivity contribution in [1.29, 1.82) is 0 Å². The third-order valence-corrected chi connectivity index (χ3v) is 4.32. The molecule has 0 amide bonds. The van der Waals surface area contributed by atoms with Crippen LogP contribution in [0.15, 0.2) is 0 Å². The van der Waals surface area contributed by atoms with Crippen LogP contribution in [0.5, 0.6) is 0 Å². The van der Waals surface area contributed by atoms with Crippen molar-refractivity contribution in [2.75, 3.05) is 13.1 Å². The van der Waals surface area contributed by atoms with Crippen molar-refractivity contribution in [3.05, 3.63) is 0 Å². The molecule has 1 heterocycles. The van der Waals surface area contributed by atoms with Crippen molar-refractivity contribution < 1.29 is 9.90 Å². The summed E-state index contributed by atoms with van der Waals surface area (Å²) in [5.74, 6) is 0.704. The number of nitrogens with zero attached hydrogens (tertiary/aromatic N) is 1. The molecule has 3 nitrogen and oxygen atoms in total. The maximum Gasteiger partial charge on any atom is 0.137 e. The number of Topliss-reactive ketones (excluding diaryl/α,β-unsaturated/α-hetero) is 1. The van der Waals surface area contributed by atoms with Gasteiger partial charge in [-0.3, -0.25) is 9.69 Å². The van der Waals surface area contributed by atoms with Gasteiger partial charge in [0.1, 0.15) is 5.78 Å². The number of β-amino-alcohol motifs (C(OH)–C–C–N with tert-alkyl or cyclic N) is 1. The number of piperidine rings is 1. The van der Waals surface area contributed by atoms with Crippen LogP contribution in [0, 0.1) is 5.92 Å². The van der Waals surface area contributed by atoms with E-state index < -0.39 is 5.60 Å². The second-order valence-corrected chi connectivity index (χ2v) is 6.66. The lowest BCUT2D eigenvalue weighted by molar-refractivity contribution is -0.128. The first kappa shape index (κ1) is 14.0. The molecular formula is C15H27NO2. The molecule has 2 aliphatic rings. The van der Waals surface area contributed by atoms with E-state index in [1.54, 1.807) is 0 Å². The van der Waals surface area contributed by atoms with E-state index in [2.05, 4.69) is 4.90 Å². The maximum absolute atomic E-state index is 12.1. The Labute approximate surface area is 111 Å². The molecule has 0 bridgehead atoms. The van der Waals surface area contributed by atoms with E-state index >= 15 is 0 Å². The molecular weight excluding hydrogens is 226 g/mol. The number of likely N-dealkylation sites (tertiary alicyclic amines) is 1. The average Bonchev–Trinajstić information content (AvgIpc) is 2.29. The standard InChI is InChI=1S/C15H27NO2/c1-15(2,18)11-16-10-6-5-8-13(16)12-7-3-4-9-14(12)17/h12-13,18H,3-11H2,1-2H3. The van der Waals surface area contributed by atoms with E-state index in [1.807, 2.05) is 13.8 Å². The highest BCUT2D eigenvalue weighted by molar-refractivity contribution is 5.82. The van der Waals surface area contributed by atoms with Gasteiger partial charge < -0.3 is 5.11 Å². The van der Waals surface area contributed by atoms with Crippen molar-refractivity contribution in [3.8, 4) is 0 Å². The number of rotatable bonds is 3. The molecule has 0 radical (unpaired) electrons. The van der Waals surface area contributed by atoms with Gasteiger partial charge >= 0.3 is 0 Å². The van der Waals surface area contributed by atoms with Gasteiger partial charge in [0.15, 0.2) is 0 Å². The van der Waals surface area contributed by atoms with E-state index in [0.717, 1.165) is 32.2 Å². The third kappa shape index (κ3) is 3.55. The van der Waals surface area contributed by atoms with Crippen molar-refractivity contribution >= 4 is 5.78 Å². The van der Waals surface area contributed by atoms with Gasteiger partial charge in [0.05, 0.1) is 5.60 Å². The van der Waals surface area contributed by atoms with Crippen molar-refractivity contribution in [1.82, 2.24) is 4.90 Å². The Kier molecular flexibility index (Phi) is 4.44. The molecule has 0 spiro atoms. The minimum Gasteiger partial charge on any atom is -0.389 e. The molecule has 1 saturated carbocycles. The van der Waals surface area contributed by atoms with Crippen LogP contribution in [0.1, 0.15) is 58.8 Å². The summed E-state index contributed by atoms with van der Waals surface area (Å²) >= 11 is 0. The molecule has 1 saturated heterocycles. The average molecular weight is 253 g/mol. The molecule has 2 rings (SSSR count). The summed E-state index contributed by atoms with van der Waals surface area (Å²) in [5, 5.41) is 10.0. The molecule has 0 aromatic carbocycles. The number of hydrogen-bond acceptors (Lipinski definition) is 3. The summed E-state index contributed by atoms with van der Waals surface area (Å²) in [6.45, 7) is 5.46. The van der Waals surface area contributed by atoms with Gasteiger partial charge in [-0.25, -0.2) is 0 Å². The molecule has 0 aromatic rings. The molecule has 2 unspecified atom stereocenters. The van der Waals surface area contributed by atoms with Crippen LogP contribution in [-0.2, 0) is 4.79 Å². The van der Waals surface area contributed by atoms with E-state index in [-0.39, 0.29) is 5.92 Å². The van der Waals surface area contributed by atoms with E-state index in [4.69, 9.17) is 0 Å². The fraction of sp³-hybridized carbons (Fsp3) is 0.933. The predicted octanol–water partition coefficient (Wildman–Crippen LogP) is 2.37. The van der Waals surface area contributed by atoms with Crippen molar-refractivity contribution in [2.24, 2.45) is 5.92 Å². The Hall–Kier alpha value is -0.410. The number of hydrogen-bond donors (Lipinski definition) is 1. The second-order valence-electron chi connectivity index (χ2n) is 6.66. The predicted molar refractivity (Wildman–Crippen MR) is 72.5 cm³/mol. The Morgan fingerprint density at radius 1 is 1.22 bits per heavy atom. The number of carbonyl (C=O) groups is 1. The third-order valence-electron chi connectivity index (χ3n) is 4.32. The Bertz CT molecular complexity index is 295. The van der Waals surface area contributed by atoms with E-state index in [9.17, 15) is 9.90 Å². The highest BCUT2D eigenvalue weighted by Gasteiger charge is 2.36. The quantitative estimate of drug-likeness (QED) is 0.839. The molecule has 2 atom stereocenters. The Balaban J connectivity index is 2.04. The van der Waals surface area contributed by atoms with Gasteiger partial charge in [-0.05, 0) is 46.1 Å². The molecule has 0 aromatic heterocycles. The van der Waals surface area contributed by atoms with Gasteiger partial charge in [-0.2, -0.15) is 0 Å². The summed E-state index contributed by atoms with van der Waals surface area (Å²) in [6, 6.07) is 0.387. The molecule has 2 fully saturated rings. The summed E-state index contributed by atoms with van der Waals surface area (Å²) in [5.41, 5.74) is -0.659. The number of aliphatic hydroxyl groups is 1. The Morgan fingerprint density at radius 3 is 2.61 bits per heavy atom. The Morgan fingerprint density at radius 2 is 1.94 bits per heavy atom. The van der Waals surface area contributed by atoms with Gasteiger partial charge in [0, 0.05) is 24.9 Å². The zero-order valence-corrected chi connectivity index (χ0v) is 11.8. The van der Waals surface area contributed by atoms with Crippen LogP contribution in [0.25, 0.3) is 0 Å². The van der Waals surface area contributed by atoms with Gasteiger partial charge in [-0.15, -0.1) is 0 Å². The first-order valence-electron chi connectivity index (χ1n) is 7.46. The smallest absolute Gasteiger partial charge is 0.137 e. The molecule has 104 valence electrons. The molecule has 1 aliphatic carbocycles. The first-order chi connectivity index (χ1) is 8.47. The van der Waals surface area contributed by atoms with Crippen LogP contribution in [0.4, 0.5) is 0 Å².